The van der Waals surface area contributed by atoms with Crippen LogP contribution in [0.2, 0.25) is 0 Å². The van der Waals surface area contributed by atoms with Gasteiger partial charge in [-0.3, -0.25) is 0 Å². The van der Waals surface area contributed by atoms with Crippen molar-refractivity contribution in [3.63, 3.8) is 0 Å². The first-order chi connectivity index (χ1) is 10.0. The van der Waals surface area contributed by atoms with E-state index in [1.807, 2.05) is 0 Å². The van der Waals surface area contributed by atoms with Crippen molar-refractivity contribution in [2.45, 2.75) is 77.9 Å². The Morgan fingerprint density at radius 1 is 1.19 bits per heavy atom. The van der Waals surface area contributed by atoms with Gasteiger partial charge >= 0.3 is 0 Å². The molecular weight excluding hydrogens is 266 g/mol. The third-order valence-electron chi connectivity index (χ3n) is 4.42. The van der Waals surface area contributed by atoms with Gasteiger partial charge in [-0.1, -0.05) is 40.0 Å². The molecule has 3 unspecified atom stereocenters. The van der Waals surface area contributed by atoms with Crippen LogP contribution in [-0.2, 0) is 4.74 Å². The summed E-state index contributed by atoms with van der Waals surface area (Å²) in [5, 5.41) is 22.4. The number of ether oxygens (including phenoxy) is 1. The highest BCUT2D eigenvalue weighted by Gasteiger charge is 2.21. The summed E-state index contributed by atoms with van der Waals surface area (Å²) in [6.07, 6.45) is 5.97. The number of aliphatic hydroxyl groups is 2. The predicted molar refractivity (Wildman–Crippen MR) is 88.5 cm³/mol. The number of hydrogen-bond donors (Lipinski definition) is 3. The first kappa shape index (κ1) is 20.8. The summed E-state index contributed by atoms with van der Waals surface area (Å²) in [7, 11) is 0. The predicted octanol–water partition coefficient (Wildman–Crippen LogP) is 2.72. The molecule has 4 nitrogen and oxygen atoms in total. The number of nitrogens with one attached hydrogen (secondary N) is 1. The van der Waals surface area contributed by atoms with E-state index in [2.05, 4.69) is 33.0 Å². The lowest BCUT2D eigenvalue weighted by Gasteiger charge is -2.30. The van der Waals surface area contributed by atoms with E-state index in [1.54, 1.807) is 0 Å². The van der Waals surface area contributed by atoms with E-state index in [9.17, 15) is 5.11 Å². The summed E-state index contributed by atoms with van der Waals surface area (Å²) >= 11 is 0. The van der Waals surface area contributed by atoms with Crippen LogP contribution < -0.4 is 5.32 Å². The van der Waals surface area contributed by atoms with Gasteiger partial charge in [0.2, 0.25) is 0 Å². The summed E-state index contributed by atoms with van der Waals surface area (Å²) in [5.41, 5.74) is -0.108. The molecule has 0 aromatic carbocycles. The highest BCUT2D eigenvalue weighted by Crippen LogP contribution is 2.14. The third kappa shape index (κ3) is 10.2. The number of unbranched alkanes of at least 4 members (excludes halogenated alkanes) is 1. The van der Waals surface area contributed by atoms with Gasteiger partial charge in [-0.05, 0) is 32.1 Å². The van der Waals surface area contributed by atoms with Gasteiger partial charge in [-0.25, -0.2) is 0 Å². The fraction of sp³-hybridized carbons (Fsp3) is 1.00. The van der Waals surface area contributed by atoms with Crippen molar-refractivity contribution >= 4 is 0 Å². The number of aliphatic hydroxyl groups excluding tert-OH is 2. The maximum absolute atomic E-state index is 9.99. The highest BCUT2D eigenvalue weighted by molar-refractivity contribution is 4.82. The second-order valence-corrected chi connectivity index (χ2v) is 6.38. The number of hydrogen-bond acceptors (Lipinski definition) is 4. The molecule has 0 heterocycles. The summed E-state index contributed by atoms with van der Waals surface area (Å²) in [6, 6.07) is 0. The van der Waals surface area contributed by atoms with E-state index in [4.69, 9.17) is 9.84 Å². The molecule has 0 bridgehead atoms. The minimum Gasteiger partial charge on any atom is -0.396 e. The third-order valence-corrected chi connectivity index (χ3v) is 4.42. The first-order valence-electron chi connectivity index (χ1n) is 8.62. The molecule has 0 fully saturated rings. The zero-order valence-electron chi connectivity index (χ0n) is 14.5. The van der Waals surface area contributed by atoms with Crippen LogP contribution in [-0.4, -0.2) is 48.2 Å². The van der Waals surface area contributed by atoms with Crippen molar-refractivity contribution in [2.75, 3.05) is 26.4 Å². The Hall–Kier alpha value is -0.160. The van der Waals surface area contributed by atoms with Crippen molar-refractivity contribution in [1.29, 1.82) is 0 Å². The minimum atomic E-state index is -0.488. The molecule has 0 saturated heterocycles. The average molecular weight is 303 g/mol. The van der Waals surface area contributed by atoms with Crippen LogP contribution in [0.5, 0.6) is 0 Å². The van der Waals surface area contributed by atoms with Crippen molar-refractivity contribution in [3.8, 4) is 0 Å². The highest BCUT2D eigenvalue weighted by atomic mass is 16.5. The van der Waals surface area contributed by atoms with Crippen molar-refractivity contribution in [1.82, 2.24) is 5.32 Å². The Morgan fingerprint density at radius 3 is 2.43 bits per heavy atom. The molecule has 4 heteroatoms. The van der Waals surface area contributed by atoms with Crippen molar-refractivity contribution in [3.05, 3.63) is 0 Å². The van der Waals surface area contributed by atoms with E-state index >= 15 is 0 Å². The Kier molecular flexibility index (Phi) is 12.3. The van der Waals surface area contributed by atoms with E-state index in [0.717, 1.165) is 19.4 Å². The average Bonchev–Trinajstić information content (AvgIpc) is 2.49. The van der Waals surface area contributed by atoms with Crippen LogP contribution in [0.15, 0.2) is 0 Å². The molecule has 0 spiro atoms. The van der Waals surface area contributed by atoms with Gasteiger partial charge in [-0.15, -0.1) is 0 Å². The standard InChI is InChI=1S/C17H37NO3/c1-5-8-9-15(6-2)13-21-14-16(20)12-18-17(4,7-3)10-11-19/h15-16,18-20H,5-14H2,1-4H3. The van der Waals surface area contributed by atoms with Crippen LogP contribution >= 0.6 is 0 Å². The maximum atomic E-state index is 9.99. The SMILES string of the molecule is CCCCC(CC)COCC(O)CNC(C)(CC)CCO. The van der Waals surface area contributed by atoms with E-state index in [-0.39, 0.29) is 12.1 Å². The summed E-state index contributed by atoms with van der Waals surface area (Å²) in [5.74, 6) is 0.611. The molecule has 0 aliphatic carbocycles. The van der Waals surface area contributed by atoms with Crippen LogP contribution in [0, 0.1) is 5.92 Å². The van der Waals surface area contributed by atoms with Gasteiger partial charge < -0.3 is 20.3 Å². The van der Waals surface area contributed by atoms with E-state index in [0.29, 0.717) is 25.5 Å². The van der Waals surface area contributed by atoms with Gasteiger partial charge in [0, 0.05) is 25.3 Å². The van der Waals surface area contributed by atoms with Crippen molar-refractivity contribution in [2.24, 2.45) is 5.92 Å². The fourth-order valence-corrected chi connectivity index (χ4v) is 2.33. The Morgan fingerprint density at radius 2 is 1.90 bits per heavy atom. The molecule has 0 aliphatic rings. The fourth-order valence-electron chi connectivity index (χ4n) is 2.33. The molecule has 3 N–H and O–H groups in total. The largest absolute Gasteiger partial charge is 0.396 e. The first-order valence-corrected chi connectivity index (χ1v) is 8.62. The van der Waals surface area contributed by atoms with Gasteiger partial charge in [-0.2, -0.15) is 0 Å². The molecule has 0 amide bonds. The minimum absolute atomic E-state index is 0.108. The molecule has 0 aromatic rings. The molecule has 0 aromatic heterocycles. The van der Waals surface area contributed by atoms with Gasteiger partial charge in [0.05, 0.1) is 12.7 Å². The molecule has 21 heavy (non-hydrogen) atoms. The molecule has 0 rings (SSSR count). The Bertz CT molecular complexity index is 238. The number of rotatable bonds is 14. The Labute approximate surface area is 131 Å². The molecule has 0 saturated carbocycles. The van der Waals surface area contributed by atoms with Crippen LogP contribution in [0.4, 0.5) is 0 Å². The topological polar surface area (TPSA) is 61.7 Å². The normalized spacial score (nSPS) is 17.4. The van der Waals surface area contributed by atoms with E-state index < -0.39 is 6.10 Å². The number of β-amino-alcohol motifs (C(OH)–C–C–N with tert-alkyl or cyclic N) is 1. The molecular formula is C17H37NO3. The lowest BCUT2D eigenvalue weighted by molar-refractivity contribution is 0.0154. The zero-order valence-corrected chi connectivity index (χ0v) is 14.5. The second kappa shape index (κ2) is 12.4. The van der Waals surface area contributed by atoms with Crippen LogP contribution in [0.3, 0.4) is 0 Å². The monoisotopic (exact) mass is 303 g/mol. The molecule has 0 aliphatic heterocycles. The molecule has 3 atom stereocenters. The molecule has 128 valence electrons. The lowest BCUT2D eigenvalue weighted by atomic mass is 9.95. The summed E-state index contributed by atoms with van der Waals surface area (Å²) in [6.45, 7) is 10.4. The quantitative estimate of drug-likeness (QED) is 0.462. The van der Waals surface area contributed by atoms with Gasteiger partial charge in [0.15, 0.2) is 0 Å². The van der Waals surface area contributed by atoms with Crippen LogP contribution in [0.25, 0.3) is 0 Å². The van der Waals surface area contributed by atoms with Gasteiger partial charge in [0.1, 0.15) is 0 Å². The smallest absolute Gasteiger partial charge is 0.0897 e. The summed E-state index contributed by atoms with van der Waals surface area (Å²) in [4.78, 5) is 0. The van der Waals surface area contributed by atoms with Crippen molar-refractivity contribution < 1.29 is 14.9 Å². The Balaban J connectivity index is 3.85. The second-order valence-electron chi connectivity index (χ2n) is 6.38. The zero-order chi connectivity index (χ0) is 16.1. The maximum Gasteiger partial charge on any atom is 0.0897 e. The van der Waals surface area contributed by atoms with Crippen LogP contribution in [0.1, 0.15) is 66.2 Å². The molecule has 0 radical (unpaired) electrons. The van der Waals surface area contributed by atoms with Gasteiger partial charge in [0.25, 0.3) is 0 Å². The summed E-state index contributed by atoms with van der Waals surface area (Å²) < 4.78 is 5.66. The van der Waals surface area contributed by atoms with E-state index in [1.165, 1.54) is 19.3 Å². The lowest BCUT2D eigenvalue weighted by Crippen LogP contribution is -2.46.